The van der Waals surface area contributed by atoms with E-state index in [1.807, 2.05) is 17.8 Å². The molecular weight excluding hydrogens is 224 g/mol. The lowest BCUT2D eigenvalue weighted by atomic mass is 9.86. The molecular formula is C15H20N2O. The van der Waals surface area contributed by atoms with Gasteiger partial charge in [0.15, 0.2) is 0 Å². The summed E-state index contributed by atoms with van der Waals surface area (Å²) in [5.74, 6) is -0.0355. The van der Waals surface area contributed by atoms with Gasteiger partial charge in [-0.15, -0.1) is 0 Å². The lowest BCUT2D eigenvalue weighted by molar-refractivity contribution is 0.0964. The molecule has 3 nitrogen and oxygen atoms in total. The molecule has 96 valence electrons. The van der Waals surface area contributed by atoms with Gasteiger partial charge in [0.2, 0.25) is 0 Å². The molecule has 1 heterocycles. The van der Waals surface area contributed by atoms with Crippen LogP contribution < -0.4 is 5.32 Å². The van der Waals surface area contributed by atoms with E-state index in [9.17, 15) is 4.79 Å². The smallest absolute Gasteiger partial charge is 0.253 e. The topological polar surface area (TPSA) is 34.0 Å². The highest BCUT2D eigenvalue weighted by atomic mass is 16.1. The summed E-state index contributed by atoms with van der Waals surface area (Å²) in [5.41, 5.74) is 3.15. The fourth-order valence-electron chi connectivity index (χ4n) is 2.17. The van der Waals surface area contributed by atoms with E-state index in [4.69, 9.17) is 0 Å². The number of hydrogen-bond donors (Lipinski definition) is 1. The maximum absolute atomic E-state index is 11.9. The Labute approximate surface area is 108 Å². The molecule has 0 aliphatic rings. The minimum Gasteiger partial charge on any atom is -0.355 e. The van der Waals surface area contributed by atoms with Crippen LogP contribution in [-0.4, -0.2) is 17.5 Å². The highest BCUT2D eigenvalue weighted by Gasteiger charge is 2.18. The van der Waals surface area contributed by atoms with Crippen LogP contribution in [0.25, 0.3) is 10.9 Å². The third kappa shape index (κ3) is 2.01. The highest BCUT2D eigenvalue weighted by molar-refractivity contribution is 6.07. The Morgan fingerprint density at radius 3 is 2.50 bits per heavy atom. The van der Waals surface area contributed by atoms with Gasteiger partial charge in [-0.25, -0.2) is 0 Å². The molecule has 2 aromatic rings. The minimum atomic E-state index is -0.0355. The van der Waals surface area contributed by atoms with Crippen LogP contribution in [0.3, 0.4) is 0 Å². The van der Waals surface area contributed by atoms with E-state index in [2.05, 4.69) is 44.3 Å². The number of rotatable bonds is 1. The third-order valence-corrected chi connectivity index (χ3v) is 3.33. The number of hydrogen-bond acceptors (Lipinski definition) is 1. The number of aromatic nitrogens is 1. The first-order chi connectivity index (χ1) is 8.34. The third-order valence-electron chi connectivity index (χ3n) is 3.33. The standard InChI is InChI=1S/C15H20N2O/c1-15(2,3)10-6-7-13-11(8-10)12(9-17(13)5)14(18)16-4/h6-9H,1-5H3,(H,16,18). The number of carbonyl (C=O) groups is 1. The molecule has 0 spiro atoms. The van der Waals surface area contributed by atoms with Crippen LogP contribution >= 0.6 is 0 Å². The van der Waals surface area contributed by atoms with Crippen LogP contribution in [-0.2, 0) is 12.5 Å². The van der Waals surface area contributed by atoms with Crippen molar-refractivity contribution in [3.05, 3.63) is 35.5 Å². The highest BCUT2D eigenvalue weighted by Crippen LogP contribution is 2.28. The average Bonchev–Trinajstić information content (AvgIpc) is 2.64. The Morgan fingerprint density at radius 1 is 1.28 bits per heavy atom. The van der Waals surface area contributed by atoms with Gasteiger partial charge in [0.1, 0.15) is 0 Å². The van der Waals surface area contributed by atoms with Crippen molar-refractivity contribution in [2.24, 2.45) is 7.05 Å². The van der Waals surface area contributed by atoms with E-state index in [1.165, 1.54) is 5.56 Å². The molecule has 1 N–H and O–H groups in total. The molecule has 3 heteroatoms. The molecule has 0 atom stereocenters. The Kier molecular flexibility index (Phi) is 2.93. The molecule has 0 radical (unpaired) electrons. The summed E-state index contributed by atoms with van der Waals surface area (Å²) in [6.45, 7) is 6.53. The van der Waals surface area contributed by atoms with Gasteiger partial charge in [-0.2, -0.15) is 0 Å². The normalized spacial score (nSPS) is 11.8. The lowest BCUT2D eigenvalue weighted by Gasteiger charge is -2.19. The van der Waals surface area contributed by atoms with Crippen LogP contribution in [0.15, 0.2) is 24.4 Å². The van der Waals surface area contributed by atoms with Crippen molar-refractivity contribution >= 4 is 16.8 Å². The van der Waals surface area contributed by atoms with E-state index >= 15 is 0 Å². The summed E-state index contributed by atoms with van der Waals surface area (Å²) in [4.78, 5) is 11.9. The van der Waals surface area contributed by atoms with Gasteiger partial charge in [-0.1, -0.05) is 26.8 Å². The van der Waals surface area contributed by atoms with Gasteiger partial charge >= 0.3 is 0 Å². The van der Waals surface area contributed by atoms with Crippen LogP contribution in [0, 0.1) is 0 Å². The predicted molar refractivity (Wildman–Crippen MR) is 75.0 cm³/mol. The molecule has 2 rings (SSSR count). The van der Waals surface area contributed by atoms with Gasteiger partial charge in [0.05, 0.1) is 5.56 Å². The second kappa shape index (κ2) is 4.16. The first kappa shape index (κ1) is 12.7. The summed E-state index contributed by atoms with van der Waals surface area (Å²) >= 11 is 0. The zero-order valence-corrected chi connectivity index (χ0v) is 11.7. The number of carbonyl (C=O) groups excluding carboxylic acids is 1. The number of benzene rings is 1. The van der Waals surface area contributed by atoms with Crippen molar-refractivity contribution in [2.75, 3.05) is 7.05 Å². The van der Waals surface area contributed by atoms with Gasteiger partial charge in [0.25, 0.3) is 5.91 Å². The van der Waals surface area contributed by atoms with Gasteiger partial charge in [-0.05, 0) is 23.1 Å². The fraction of sp³-hybridized carbons (Fsp3) is 0.400. The summed E-state index contributed by atoms with van der Waals surface area (Å²) in [7, 11) is 3.63. The zero-order chi connectivity index (χ0) is 13.5. The lowest BCUT2D eigenvalue weighted by Crippen LogP contribution is -2.17. The number of fused-ring (bicyclic) bond motifs is 1. The Hall–Kier alpha value is -1.77. The molecule has 1 amide bonds. The SMILES string of the molecule is CNC(=O)c1cn(C)c2ccc(C(C)(C)C)cc12. The Morgan fingerprint density at radius 2 is 1.94 bits per heavy atom. The first-order valence-electron chi connectivity index (χ1n) is 6.16. The molecule has 1 aromatic heterocycles. The van der Waals surface area contributed by atoms with Crippen molar-refractivity contribution in [3.8, 4) is 0 Å². The summed E-state index contributed by atoms with van der Waals surface area (Å²) < 4.78 is 1.99. The van der Waals surface area contributed by atoms with Gasteiger partial charge < -0.3 is 9.88 Å². The van der Waals surface area contributed by atoms with E-state index in [-0.39, 0.29) is 11.3 Å². The van der Waals surface area contributed by atoms with Gasteiger partial charge in [0, 0.05) is 31.2 Å². The summed E-state index contributed by atoms with van der Waals surface area (Å²) in [6.07, 6.45) is 1.88. The number of nitrogens with one attached hydrogen (secondary N) is 1. The van der Waals surface area contributed by atoms with Gasteiger partial charge in [-0.3, -0.25) is 4.79 Å². The molecule has 0 saturated carbocycles. The van der Waals surface area contributed by atoms with Crippen LogP contribution in [0.2, 0.25) is 0 Å². The van der Waals surface area contributed by atoms with Crippen LogP contribution in [0.4, 0.5) is 0 Å². The summed E-state index contributed by atoms with van der Waals surface area (Å²) in [6, 6.07) is 6.35. The summed E-state index contributed by atoms with van der Waals surface area (Å²) in [5, 5.41) is 3.71. The van der Waals surface area contributed by atoms with Crippen molar-refractivity contribution in [1.29, 1.82) is 0 Å². The molecule has 0 aliphatic carbocycles. The molecule has 0 bridgehead atoms. The van der Waals surface area contributed by atoms with Crippen molar-refractivity contribution in [2.45, 2.75) is 26.2 Å². The Bertz CT molecular complexity index is 603. The monoisotopic (exact) mass is 244 g/mol. The molecule has 0 aliphatic heterocycles. The Balaban J connectivity index is 2.70. The molecule has 0 fully saturated rings. The first-order valence-corrected chi connectivity index (χ1v) is 6.16. The van der Waals surface area contributed by atoms with Crippen LogP contribution in [0.5, 0.6) is 0 Å². The number of aryl methyl sites for hydroxylation is 1. The largest absolute Gasteiger partial charge is 0.355 e. The maximum Gasteiger partial charge on any atom is 0.253 e. The molecule has 18 heavy (non-hydrogen) atoms. The minimum absolute atomic E-state index is 0.0355. The zero-order valence-electron chi connectivity index (χ0n) is 11.7. The number of nitrogens with zero attached hydrogens (tertiary/aromatic N) is 1. The average molecular weight is 244 g/mol. The fourth-order valence-corrected chi connectivity index (χ4v) is 2.17. The maximum atomic E-state index is 11.9. The van der Waals surface area contributed by atoms with E-state index in [0.717, 1.165) is 16.5 Å². The second-order valence-corrected chi connectivity index (χ2v) is 5.71. The van der Waals surface area contributed by atoms with Crippen molar-refractivity contribution < 1.29 is 4.79 Å². The quantitative estimate of drug-likeness (QED) is 0.822. The van der Waals surface area contributed by atoms with Crippen molar-refractivity contribution in [1.82, 2.24) is 9.88 Å². The van der Waals surface area contributed by atoms with E-state index in [0.29, 0.717) is 0 Å². The van der Waals surface area contributed by atoms with Crippen LogP contribution in [0.1, 0.15) is 36.7 Å². The van der Waals surface area contributed by atoms with E-state index in [1.54, 1.807) is 7.05 Å². The molecule has 1 aromatic carbocycles. The number of amides is 1. The predicted octanol–water partition coefficient (Wildman–Crippen LogP) is 2.84. The van der Waals surface area contributed by atoms with Crippen molar-refractivity contribution in [3.63, 3.8) is 0 Å². The van der Waals surface area contributed by atoms with E-state index < -0.39 is 0 Å². The second-order valence-electron chi connectivity index (χ2n) is 5.71. The molecule has 0 saturated heterocycles. The molecule has 0 unspecified atom stereocenters.